The topological polar surface area (TPSA) is 95.9 Å². The first kappa shape index (κ1) is 68.6. The van der Waals surface area contributed by atoms with Crippen LogP contribution in [0, 0.1) is 0 Å². The molecule has 0 heterocycles. The molecule has 0 aliphatic heterocycles. The molecule has 2 unspecified atom stereocenters. The van der Waals surface area contributed by atoms with Crippen LogP contribution in [0.2, 0.25) is 0 Å². The van der Waals surface area contributed by atoms with Gasteiger partial charge in [0.25, 0.3) is 0 Å². The number of nitrogens with one attached hydrogen (secondary N) is 1. The van der Waals surface area contributed by atoms with Gasteiger partial charge in [-0.3, -0.25) is 9.59 Å². The Kier molecular flexibility index (Phi) is 59.0. The number of hydrogen-bond donors (Lipinski definition) is 3. The highest BCUT2D eigenvalue weighted by Gasteiger charge is 2.18. The van der Waals surface area contributed by atoms with Crippen LogP contribution in [0.3, 0.4) is 0 Å². The average Bonchev–Trinajstić information content (AvgIpc) is 3.36. The van der Waals surface area contributed by atoms with Gasteiger partial charge in [0, 0.05) is 12.8 Å². The van der Waals surface area contributed by atoms with Gasteiger partial charge in [0.2, 0.25) is 5.91 Å². The van der Waals surface area contributed by atoms with Crippen LogP contribution in [0.25, 0.3) is 0 Å². The second-order valence-corrected chi connectivity index (χ2v) is 22.1. The van der Waals surface area contributed by atoms with Crippen molar-refractivity contribution < 1.29 is 24.5 Å². The number of rotatable bonds is 60. The van der Waals surface area contributed by atoms with Gasteiger partial charge in [0.05, 0.1) is 25.4 Å². The van der Waals surface area contributed by atoms with E-state index in [0.29, 0.717) is 19.4 Å². The van der Waals surface area contributed by atoms with Crippen molar-refractivity contribution in [1.29, 1.82) is 0 Å². The molecule has 416 valence electrons. The summed E-state index contributed by atoms with van der Waals surface area (Å²) in [4.78, 5) is 24.6. The lowest BCUT2D eigenvalue weighted by atomic mass is 10.0. The first-order valence-electron chi connectivity index (χ1n) is 32.0. The van der Waals surface area contributed by atoms with Gasteiger partial charge in [-0.15, -0.1) is 0 Å². The molecule has 0 aromatic carbocycles. The lowest BCUT2D eigenvalue weighted by Gasteiger charge is -2.20. The molecule has 3 N–H and O–H groups in total. The van der Waals surface area contributed by atoms with E-state index < -0.39 is 12.1 Å². The fourth-order valence-electron chi connectivity index (χ4n) is 10.2. The molecule has 0 aliphatic carbocycles. The van der Waals surface area contributed by atoms with Crippen molar-refractivity contribution in [3.05, 3.63) is 12.2 Å². The molecular formula is C64H125NO5. The molecule has 0 aromatic heterocycles. The van der Waals surface area contributed by atoms with Gasteiger partial charge in [-0.2, -0.15) is 0 Å². The molecule has 0 saturated carbocycles. The molecule has 0 aliphatic rings. The van der Waals surface area contributed by atoms with Crippen LogP contribution >= 0.6 is 0 Å². The lowest BCUT2D eigenvalue weighted by Crippen LogP contribution is -2.45. The Morgan fingerprint density at radius 2 is 0.657 bits per heavy atom. The Hall–Kier alpha value is -1.40. The van der Waals surface area contributed by atoms with Crippen LogP contribution in [0.1, 0.15) is 361 Å². The Bertz CT molecular complexity index is 1050. The summed E-state index contributed by atoms with van der Waals surface area (Å²) in [5.74, 6) is -0.0696. The number of unbranched alkanes of at least 4 members (excludes halogenated alkanes) is 49. The molecule has 6 heteroatoms. The third-order valence-electron chi connectivity index (χ3n) is 15.1. The van der Waals surface area contributed by atoms with Gasteiger partial charge in [-0.25, -0.2) is 0 Å². The predicted octanol–water partition coefficient (Wildman–Crippen LogP) is 20.0. The third kappa shape index (κ3) is 55.9. The quantitative estimate of drug-likeness (QED) is 0.0321. The van der Waals surface area contributed by atoms with Crippen LogP contribution in [0.5, 0.6) is 0 Å². The van der Waals surface area contributed by atoms with Gasteiger partial charge >= 0.3 is 5.97 Å². The van der Waals surface area contributed by atoms with Crippen molar-refractivity contribution in [1.82, 2.24) is 5.32 Å². The summed E-state index contributed by atoms with van der Waals surface area (Å²) in [6, 6.07) is -0.635. The van der Waals surface area contributed by atoms with Crippen molar-refractivity contribution in [2.45, 2.75) is 373 Å². The SMILES string of the molecule is CCCCCCCCCCCCCCCCCCCCCCCCC/C=C/C(O)C(CO)NC(=O)CCCCCCCCCCCCCCCCCOC(=O)CCCCCCCCCCCCCCC. The van der Waals surface area contributed by atoms with Crippen LogP contribution in [0.15, 0.2) is 12.2 Å². The minimum Gasteiger partial charge on any atom is -0.466 e. The Morgan fingerprint density at radius 1 is 0.386 bits per heavy atom. The van der Waals surface area contributed by atoms with E-state index in [9.17, 15) is 19.8 Å². The highest BCUT2D eigenvalue weighted by molar-refractivity contribution is 5.76. The van der Waals surface area contributed by atoms with Crippen molar-refractivity contribution in [2.75, 3.05) is 13.2 Å². The zero-order valence-electron chi connectivity index (χ0n) is 47.5. The number of hydrogen-bond acceptors (Lipinski definition) is 5. The first-order chi connectivity index (χ1) is 34.5. The number of amides is 1. The number of aliphatic hydroxyl groups is 2. The summed E-state index contributed by atoms with van der Waals surface area (Å²) in [7, 11) is 0. The summed E-state index contributed by atoms with van der Waals surface area (Å²) in [6.45, 7) is 4.92. The standard InChI is InChI=1S/C64H125NO5/c1-3-5-7-9-11-13-15-17-18-19-20-21-22-23-24-25-26-27-29-33-36-40-44-48-52-56-62(67)61(60-66)65-63(68)57-53-49-45-41-37-34-30-28-31-35-39-43-47-51-55-59-70-64(69)58-54-50-46-42-38-32-16-14-12-10-8-6-4-2/h52,56,61-62,66-67H,3-51,53-55,57-60H2,1-2H3,(H,65,68)/b56-52+. The van der Waals surface area contributed by atoms with E-state index in [1.165, 1.54) is 289 Å². The summed E-state index contributed by atoms with van der Waals surface area (Å²) in [6.07, 6.45) is 72.5. The molecule has 2 atom stereocenters. The Labute approximate surface area is 438 Å². The monoisotopic (exact) mass is 988 g/mol. The molecule has 6 nitrogen and oxygen atoms in total. The van der Waals surface area contributed by atoms with Gasteiger partial charge in [-0.05, 0) is 32.1 Å². The van der Waals surface area contributed by atoms with E-state index in [1.807, 2.05) is 6.08 Å². The van der Waals surface area contributed by atoms with Crippen molar-refractivity contribution in [3.63, 3.8) is 0 Å². The summed E-state index contributed by atoms with van der Waals surface area (Å²) < 4.78 is 5.47. The number of ether oxygens (including phenoxy) is 1. The number of aliphatic hydroxyl groups excluding tert-OH is 2. The van der Waals surface area contributed by atoms with Crippen LogP contribution in [-0.2, 0) is 14.3 Å². The number of carbonyl (C=O) groups is 2. The molecule has 0 bridgehead atoms. The normalized spacial score (nSPS) is 12.6. The summed E-state index contributed by atoms with van der Waals surface area (Å²) >= 11 is 0. The maximum absolute atomic E-state index is 12.5. The molecule has 0 aromatic rings. The third-order valence-corrected chi connectivity index (χ3v) is 15.1. The summed E-state index contributed by atoms with van der Waals surface area (Å²) in [5.41, 5.74) is 0. The van der Waals surface area contributed by atoms with Crippen LogP contribution < -0.4 is 5.32 Å². The maximum Gasteiger partial charge on any atom is 0.305 e. The number of carbonyl (C=O) groups excluding carboxylic acids is 2. The zero-order valence-corrected chi connectivity index (χ0v) is 47.5. The van der Waals surface area contributed by atoms with Gasteiger partial charge in [0.15, 0.2) is 0 Å². The minimum atomic E-state index is -0.851. The van der Waals surface area contributed by atoms with Gasteiger partial charge in [-0.1, -0.05) is 328 Å². The van der Waals surface area contributed by atoms with E-state index in [2.05, 4.69) is 19.2 Å². The molecule has 0 spiro atoms. The maximum atomic E-state index is 12.5. The van der Waals surface area contributed by atoms with E-state index in [-0.39, 0.29) is 18.5 Å². The largest absolute Gasteiger partial charge is 0.466 e. The molecule has 0 radical (unpaired) electrons. The average molecular weight is 989 g/mol. The van der Waals surface area contributed by atoms with Crippen molar-refractivity contribution >= 4 is 11.9 Å². The van der Waals surface area contributed by atoms with Crippen LogP contribution in [0.4, 0.5) is 0 Å². The highest BCUT2D eigenvalue weighted by Crippen LogP contribution is 2.18. The molecular weight excluding hydrogens is 863 g/mol. The molecule has 70 heavy (non-hydrogen) atoms. The number of allylic oxidation sites excluding steroid dienone is 1. The van der Waals surface area contributed by atoms with E-state index in [1.54, 1.807) is 6.08 Å². The Morgan fingerprint density at radius 3 is 0.971 bits per heavy atom. The minimum absolute atomic E-state index is 0.00224. The molecule has 1 amide bonds. The molecule has 0 rings (SSSR count). The fraction of sp³-hybridized carbons (Fsp3) is 0.938. The second-order valence-electron chi connectivity index (χ2n) is 22.1. The van der Waals surface area contributed by atoms with Crippen LogP contribution in [-0.4, -0.2) is 47.4 Å². The van der Waals surface area contributed by atoms with E-state index >= 15 is 0 Å². The van der Waals surface area contributed by atoms with E-state index in [4.69, 9.17) is 4.74 Å². The highest BCUT2D eigenvalue weighted by atomic mass is 16.5. The van der Waals surface area contributed by atoms with Crippen molar-refractivity contribution in [3.8, 4) is 0 Å². The number of esters is 1. The lowest BCUT2D eigenvalue weighted by molar-refractivity contribution is -0.143. The Balaban J connectivity index is 3.45. The summed E-state index contributed by atoms with van der Waals surface area (Å²) in [5, 5.41) is 23.2. The zero-order chi connectivity index (χ0) is 50.7. The predicted molar refractivity (Wildman–Crippen MR) is 306 cm³/mol. The molecule has 0 fully saturated rings. The van der Waals surface area contributed by atoms with Crippen molar-refractivity contribution in [2.24, 2.45) is 0 Å². The first-order valence-corrected chi connectivity index (χ1v) is 32.0. The fourth-order valence-corrected chi connectivity index (χ4v) is 10.2. The second kappa shape index (κ2) is 60.2. The molecule has 0 saturated heterocycles. The smallest absolute Gasteiger partial charge is 0.305 e. The van der Waals surface area contributed by atoms with E-state index in [0.717, 1.165) is 44.9 Å². The van der Waals surface area contributed by atoms with Gasteiger partial charge < -0.3 is 20.3 Å². The van der Waals surface area contributed by atoms with Gasteiger partial charge in [0.1, 0.15) is 0 Å².